The van der Waals surface area contributed by atoms with Crippen LogP contribution in [0.4, 0.5) is 0 Å². The predicted octanol–water partition coefficient (Wildman–Crippen LogP) is 2.86. The number of carbonyl (C=O) groups excluding carboxylic acids is 1. The first-order chi connectivity index (χ1) is 13.3. The van der Waals surface area contributed by atoms with Gasteiger partial charge in [-0.25, -0.2) is 8.42 Å². The van der Waals surface area contributed by atoms with Crippen molar-refractivity contribution in [3.8, 4) is 0 Å². The maximum atomic E-state index is 12.7. The summed E-state index contributed by atoms with van der Waals surface area (Å²) in [4.78, 5) is 15.2. The molecule has 6 nitrogen and oxygen atoms in total. The highest BCUT2D eigenvalue weighted by molar-refractivity contribution is 7.89. The molecule has 1 aliphatic heterocycles. The molecule has 0 atom stereocenters. The Morgan fingerprint density at radius 3 is 2.11 bits per heavy atom. The molecule has 2 aliphatic rings. The molecule has 0 spiro atoms. The van der Waals surface area contributed by atoms with Gasteiger partial charge in [-0.3, -0.25) is 4.79 Å². The van der Waals surface area contributed by atoms with Crippen LogP contribution in [0.2, 0.25) is 0 Å². The van der Waals surface area contributed by atoms with Crippen molar-refractivity contribution in [3.63, 3.8) is 0 Å². The fourth-order valence-electron chi connectivity index (χ4n) is 4.37. The van der Waals surface area contributed by atoms with Gasteiger partial charge in [0.25, 0.3) is 5.91 Å². The van der Waals surface area contributed by atoms with E-state index in [1.54, 1.807) is 24.3 Å². The fraction of sp³-hybridized carbons (Fsp3) is 0.667. The summed E-state index contributed by atoms with van der Waals surface area (Å²) in [7, 11) is 0.745. The van der Waals surface area contributed by atoms with Gasteiger partial charge in [-0.15, -0.1) is 0 Å². The van der Waals surface area contributed by atoms with Crippen molar-refractivity contribution in [2.24, 2.45) is 0 Å². The van der Waals surface area contributed by atoms with Crippen molar-refractivity contribution in [1.82, 2.24) is 14.5 Å². The van der Waals surface area contributed by atoms with Crippen molar-refractivity contribution in [3.05, 3.63) is 29.8 Å². The standard InChI is InChI=1S/C21H33N3O3S/c1-23(2)21(13-5-3-4-6-14-21)17-22-20(25)18-9-11-19(12-10-18)28(26,27)24-15-7-8-16-24/h9-12H,3-8,13-17H2,1-2H3,(H,22,25). The van der Waals surface area contributed by atoms with Crippen LogP contribution in [0.1, 0.15) is 61.7 Å². The molecule has 1 aromatic rings. The molecule has 0 aromatic heterocycles. The maximum absolute atomic E-state index is 12.7. The maximum Gasteiger partial charge on any atom is 0.251 e. The number of likely N-dealkylation sites (N-methyl/N-ethyl adjacent to an activating group) is 1. The first-order valence-corrected chi connectivity index (χ1v) is 11.9. The van der Waals surface area contributed by atoms with Gasteiger partial charge in [0.15, 0.2) is 0 Å². The van der Waals surface area contributed by atoms with Crippen LogP contribution in [0.3, 0.4) is 0 Å². The summed E-state index contributed by atoms with van der Waals surface area (Å²) in [6.45, 7) is 1.78. The number of rotatable bonds is 6. The summed E-state index contributed by atoms with van der Waals surface area (Å²) in [5.41, 5.74) is 0.508. The average molecular weight is 408 g/mol. The van der Waals surface area contributed by atoms with Crippen LogP contribution in [0.5, 0.6) is 0 Å². The third-order valence-electron chi connectivity index (χ3n) is 6.38. The minimum Gasteiger partial charge on any atom is -0.350 e. The molecule has 1 N–H and O–H groups in total. The highest BCUT2D eigenvalue weighted by atomic mass is 32.2. The second-order valence-electron chi connectivity index (χ2n) is 8.35. The van der Waals surface area contributed by atoms with Crippen molar-refractivity contribution in [2.75, 3.05) is 33.7 Å². The second-order valence-corrected chi connectivity index (χ2v) is 10.3. The zero-order chi connectivity index (χ0) is 20.2. The number of benzene rings is 1. The van der Waals surface area contributed by atoms with Gasteiger partial charge in [0.05, 0.1) is 4.90 Å². The summed E-state index contributed by atoms with van der Waals surface area (Å²) >= 11 is 0. The zero-order valence-corrected chi connectivity index (χ0v) is 17.9. The van der Waals surface area contributed by atoms with E-state index < -0.39 is 10.0 Å². The van der Waals surface area contributed by atoms with E-state index in [0.717, 1.165) is 25.7 Å². The van der Waals surface area contributed by atoms with Crippen molar-refractivity contribution < 1.29 is 13.2 Å². The Morgan fingerprint density at radius 1 is 1.00 bits per heavy atom. The third kappa shape index (κ3) is 4.58. The van der Waals surface area contributed by atoms with Gasteiger partial charge < -0.3 is 10.2 Å². The lowest BCUT2D eigenvalue weighted by atomic mass is 9.88. The van der Waals surface area contributed by atoms with Crippen LogP contribution in [0.25, 0.3) is 0 Å². The van der Waals surface area contributed by atoms with Crippen molar-refractivity contribution in [2.45, 2.75) is 61.8 Å². The highest BCUT2D eigenvalue weighted by Gasteiger charge is 2.33. The Bertz CT molecular complexity index is 761. The number of nitrogens with zero attached hydrogens (tertiary/aromatic N) is 2. The lowest BCUT2D eigenvalue weighted by molar-refractivity contribution is 0.0869. The molecule has 2 fully saturated rings. The summed E-state index contributed by atoms with van der Waals surface area (Å²) in [5, 5.41) is 3.09. The van der Waals surface area contributed by atoms with Gasteiger partial charge in [-0.1, -0.05) is 25.7 Å². The smallest absolute Gasteiger partial charge is 0.251 e. The van der Waals surface area contributed by atoms with E-state index in [1.807, 2.05) is 0 Å². The predicted molar refractivity (Wildman–Crippen MR) is 111 cm³/mol. The molecule has 1 saturated heterocycles. The molecule has 1 aliphatic carbocycles. The molecular formula is C21H33N3O3S. The van der Waals surface area contributed by atoms with E-state index in [1.165, 1.54) is 30.0 Å². The van der Waals surface area contributed by atoms with E-state index in [4.69, 9.17) is 0 Å². The van der Waals surface area contributed by atoms with Crippen LogP contribution in [0.15, 0.2) is 29.2 Å². The van der Waals surface area contributed by atoms with Crippen LogP contribution in [0, 0.1) is 0 Å². The quantitative estimate of drug-likeness (QED) is 0.736. The van der Waals surface area contributed by atoms with Gasteiger partial charge in [-0.05, 0) is 64.0 Å². The minimum absolute atomic E-state index is 0.00515. The first-order valence-electron chi connectivity index (χ1n) is 10.4. The van der Waals surface area contributed by atoms with Crippen LogP contribution in [-0.2, 0) is 10.0 Å². The largest absolute Gasteiger partial charge is 0.350 e. The van der Waals surface area contributed by atoms with Gasteiger partial charge in [0.1, 0.15) is 0 Å². The molecular weight excluding hydrogens is 374 g/mol. The molecule has 0 unspecified atom stereocenters. The van der Waals surface area contributed by atoms with E-state index in [2.05, 4.69) is 24.3 Å². The van der Waals surface area contributed by atoms with Crippen LogP contribution in [-0.4, -0.2) is 62.8 Å². The van der Waals surface area contributed by atoms with E-state index in [9.17, 15) is 13.2 Å². The Labute approximate surface area is 169 Å². The Hall–Kier alpha value is -1.44. The lowest BCUT2D eigenvalue weighted by Gasteiger charge is -2.39. The summed E-state index contributed by atoms with van der Waals surface area (Å²) in [6.07, 6.45) is 8.91. The molecule has 28 heavy (non-hydrogen) atoms. The number of hydrogen-bond acceptors (Lipinski definition) is 4. The minimum atomic E-state index is -3.44. The Kier molecular flexibility index (Phi) is 6.78. The van der Waals surface area contributed by atoms with Gasteiger partial charge in [-0.2, -0.15) is 4.31 Å². The monoisotopic (exact) mass is 407 g/mol. The molecule has 0 bridgehead atoms. The second kappa shape index (κ2) is 8.93. The highest BCUT2D eigenvalue weighted by Crippen LogP contribution is 2.30. The molecule has 1 saturated carbocycles. The zero-order valence-electron chi connectivity index (χ0n) is 17.1. The lowest BCUT2D eigenvalue weighted by Crippen LogP contribution is -2.52. The van der Waals surface area contributed by atoms with E-state index >= 15 is 0 Å². The number of carbonyl (C=O) groups is 1. The van der Waals surface area contributed by atoms with E-state index in [0.29, 0.717) is 25.2 Å². The van der Waals surface area contributed by atoms with Crippen molar-refractivity contribution >= 4 is 15.9 Å². The fourth-order valence-corrected chi connectivity index (χ4v) is 5.89. The molecule has 1 amide bonds. The van der Waals surface area contributed by atoms with Gasteiger partial charge in [0.2, 0.25) is 10.0 Å². The SMILES string of the molecule is CN(C)C1(CNC(=O)c2ccc(S(=O)(=O)N3CCCC3)cc2)CCCCCC1. The summed E-state index contributed by atoms with van der Waals surface area (Å²) < 4.78 is 26.8. The topological polar surface area (TPSA) is 69.7 Å². The van der Waals surface area contributed by atoms with Gasteiger partial charge >= 0.3 is 0 Å². The molecule has 156 valence electrons. The Morgan fingerprint density at radius 2 is 1.57 bits per heavy atom. The number of hydrogen-bond donors (Lipinski definition) is 1. The van der Waals surface area contributed by atoms with Crippen LogP contribution < -0.4 is 5.32 Å². The van der Waals surface area contributed by atoms with Gasteiger partial charge in [0, 0.05) is 30.7 Å². The first kappa shape index (κ1) is 21.3. The normalized spacial score (nSPS) is 20.8. The number of amides is 1. The Balaban J connectivity index is 1.66. The van der Waals surface area contributed by atoms with Crippen molar-refractivity contribution in [1.29, 1.82) is 0 Å². The molecule has 1 heterocycles. The number of sulfonamides is 1. The van der Waals surface area contributed by atoms with Crippen LogP contribution >= 0.6 is 0 Å². The molecule has 0 radical (unpaired) electrons. The number of nitrogens with one attached hydrogen (secondary N) is 1. The summed E-state index contributed by atoms with van der Waals surface area (Å²) in [6, 6.07) is 6.34. The van der Waals surface area contributed by atoms with E-state index in [-0.39, 0.29) is 16.3 Å². The molecule has 7 heteroatoms. The summed E-state index contributed by atoms with van der Waals surface area (Å²) in [5.74, 6) is -0.143. The average Bonchev–Trinajstić information content (AvgIpc) is 3.13. The molecule has 3 rings (SSSR count). The molecule has 1 aromatic carbocycles. The third-order valence-corrected chi connectivity index (χ3v) is 8.29.